The molecule has 0 saturated heterocycles. The highest BCUT2D eigenvalue weighted by atomic mass is 32.1. The normalized spacial score (nSPS) is 10.4. The molecule has 0 aromatic carbocycles. The van der Waals surface area contributed by atoms with Crippen molar-refractivity contribution >= 4 is 17.3 Å². The van der Waals surface area contributed by atoms with E-state index in [1.807, 2.05) is 13.1 Å². The lowest BCUT2D eigenvalue weighted by Crippen LogP contribution is -2.04. The minimum Gasteiger partial charge on any atom is -0.466 e. The van der Waals surface area contributed by atoms with Crippen LogP contribution in [0.4, 0.5) is 0 Å². The van der Waals surface area contributed by atoms with Crippen LogP contribution in [0.15, 0.2) is 18.5 Å². The van der Waals surface area contributed by atoms with Gasteiger partial charge in [0, 0.05) is 23.3 Å². The molecular formula is C9H12N2O2S. The molecule has 1 heterocycles. The first kappa shape index (κ1) is 10.7. The summed E-state index contributed by atoms with van der Waals surface area (Å²) in [6.07, 6.45) is 4.73. The lowest BCUT2D eigenvalue weighted by molar-refractivity contribution is -0.134. The van der Waals surface area contributed by atoms with Crippen molar-refractivity contribution in [1.82, 2.24) is 10.3 Å². The molecule has 0 atom stereocenters. The number of nitrogens with one attached hydrogen (secondary N) is 1. The van der Waals surface area contributed by atoms with E-state index in [0.29, 0.717) is 6.54 Å². The van der Waals surface area contributed by atoms with Gasteiger partial charge in [-0.25, -0.2) is 9.78 Å². The highest BCUT2D eigenvalue weighted by Gasteiger charge is 1.95. The molecule has 4 nitrogen and oxygen atoms in total. The number of nitrogens with zero attached hydrogens (tertiary/aromatic N) is 1. The molecule has 0 spiro atoms. The number of thiazole rings is 1. The minimum atomic E-state index is -0.363. The van der Waals surface area contributed by atoms with Gasteiger partial charge in [0.15, 0.2) is 0 Å². The van der Waals surface area contributed by atoms with Crippen LogP contribution in [0.1, 0.15) is 9.88 Å². The number of hydrogen-bond acceptors (Lipinski definition) is 5. The summed E-state index contributed by atoms with van der Waals surface area (Å²) in [7, 11) is 1.35. The van der Waals surface area contributed by atoms with Crippen molar-refractivity contribution in [3.8, 4) is 0 Å². The predicted octanol–water partition coefficient (Wildman–Crippen LogP) is 1.23. The molecule has 0 bridgehead atoms. The molecule has 0 amide bonds. The Kier molecular flexibility index (Phi) is 4.12. The fraction of sp³-hybridized carbons (Fsp3) is 0.333. The van der Waals surface area contributed by atoms with Crippen LogP contribution in [0.5, 0.6) is 0 Å². The summed E-state index contributed by atoms with van der Waals surface area (Å²) in [6, 6.07) is 0. The average molecular weight is 212 g/mol. The Balaban J connectivity index is 2.28. The van der Waals surface area contributed by atoms with Crippen molar-refractivity contribution in [2.24, 2.45) is 0 Å². The molecular weight excluding hydrogens is 200 g/mol. The van der Waals surface area contributed by atoms with Crippen molar-refractivity contribution in [3.63, 3.8) is 0 Å². The highest BCUT2D eigenvalue weighted by molar-refractivity contribution is 7.11. The maximum atomic E-state index is 10.7. The maximum absolute atomic E-state index is 10.7. The standard InChI is InChI=1S/C9H12N2O2S/c1-7-11-6-8(14-7)5-10-4-3-9(12)13-2/h3-4,6,10H,5H2,1-2H3/b4-3+. The number of aromatic nitrogens is 1. The molecule has 1 N–H and O–H groups in total. The Labute approximate surface area is 86.6 Å². The summed E-state index contributed by atoms with van der Waals surface area (Å²) in [4.78, 5) is 15.9. The number of ether oxygens (including phenoxy) is 1. The number of carbonyl (C=O) groups is 1. The predicted molar refractivity (Wildman–Crippen MR) is 54.8 cm³/mol. The van der Waals surface area contributed by atoms with Gasteiger partial charge < -0.3 is 10.1 Å². The summed E-state index contributed by atoms with van der Waals surface area (Å²) < 4.78 is 4.43. The van der Waals surface area contributed by atoms with E-state index in [-0.39, 0.29) is 5.97 Å². The van der Waals surface area contributed by atoms with E-state index in [9.17, 15) is 4.79 Å². The van der Waals surface area contributed by atoms with E-state index in [2.05, 4.69) is 15.0 Å². The van der Waals surface area contributed by atoms with E-state index in [0.717, 1.165) is 9.88 Å². The summed E-state index contributed by atoms with van der Waals surface area (Å²) in [6.45, 7) is 2.64. The third-order valence-corrected chi connectivity index (χ3v) is 2.40. The third-order valence-electron chi connectivity index (χ3n) is 1.48. The minimum absolute atomic E-state index is 0.363. The fourth-order valence-electron chi connectivity index (χ4n) is 0.842. The van der Waals surface area contributed by atoms with E-state index in [1.165, 1.54) is 13.2 Å². The number of carbonyl (C=O) groups excluding carboxylic acids is 1. The van der Waals surface area contributed by atoms with Crippen molar-refractivity contribution in [2.45, 2.75) is 13.5 Å². The maximum Gasteiger partial charge on any atom is 0.331 e. The van der Waals surface area contributed by atoms with Crippen molar-refractivity contribution in [1.29, 1.82) is 0 Å². The zero-order valence-corrected chi connectivity index (χ0v) is 8.93. The Morgan fingerprint density at radius 2 is 2.57 bits per heavy atom. The number of rotatable bonds is 4. The van der Waals surface area contributed by atoms with Gasteiger partial charge in [-0.1, -0.05) is 0 Å². The van der Waals surface area contributed by atoms with Crippen LogP contribution in [0.2, 0.25) is 0 Å². The van der Waals surface area contributed by atoms with Gasteiger partial charge in [0.05, 0.1) is 18.7 Å². The quantitative estimate of drug-likeness (QED) is 0.602. The molecule has 1 aromatic rings. The molecule has 0 radical (unpaired) electrons. The molecule has 1 rings (SSSR count). The zero-order valence-electron chi connectivity index (χ0n) is 8.11. The van der Waals surface area contributed by atoms with Gasteiger partial charge in [-0.2, -0.15) is 0 Å². The first-order valence-electron chi connectivity index (χ1n) is 4.11. The van der Waals surface area contributed by atoms with Gasteiger partial charge in [-0.05, 0) is 6.92 Å². The summed E-state index contributed by atoms with van der Waals surface area (Å²) in [5.41, 5.74) is 0. The summed E-state index contributed by atoms with van der Waals surface area (Å²) in [5, 5.41) is 4.01. The molecule has 1 aromatic heterocycles. The molecule has 0 aliphatic rings. The summed E-state index contributed by atoms with van der Waals surface area (Å²) in [5.74, 6) is -0.363. The topological polar surface area (TPSA) is 51.2 Å². The molecule has 0 saturated carbocycles. The van der Waals surface area contributed by atoms with Crippen LogP contribution in [-0.2, 0) is 16.1 Å². The summed E-state index contributed by atoms with van der Waals surface area (Å²) >= 11 is 1.63. The molecule has 0 unspecified atom stereocenters. The largest absolute Gasteiger partial charge is 0.466 e. The van der Waals surface area contributed by atoms with Gasteiger partial charge in [0.2, 0.25) is 0 Å². The lowest BCUT2D eigenvalue weighted by Gasteiger charge is -1.95. The Morgan fingerprint density at radius 3 is 3.14 bits per heavy atom. The van der Waals surface area contributed by atoms with E-state index >= 15 is 0 Å². The highest BCUT2D eigenvalue weighted by Crippen LogP contribution is 2.10. The van der Waals surface area contributed by atoms with Crippen LogP contribution >= 0.6 is 11.3 Å². The number of methoxy groups -OCH3 is 1. The third kappa shape index (κ3) is 3.57. The average Bonchev–Trinajstić information content (AvgIpc) is 2.58. The van der Waals surface area contributed by atoms with Gasteiger partial charge in [-0.3, -0.25) is 0 Å². The van der Waals surface area contributed by atoms with Crippen LogP contribution in [-0.4, -0.2) is 18.1 Å². The van der Waals surface area contributed by atoms with Gasteiger partial charge >= 0.3 is 5.97 Å². The van der Waals surface area contributed by atoms with Crippen LogP contribution in [0.25, 0.3) is 0 Å². The van der Waals surface area contributed by atoms with Crippen molar-refractivity contribution < 1.29 is 9.53 Å². The molecule has 0 fully saturated rings. The molecule has 5 heteroatoms. The second kappa shape index (κ2) is 5.39. The van der Waals surface area contributed by atoms with Crippen LogP contribution in [0.3, 0.4) is 0 Å². The Hall–Kier alpha value is -1.36. The molecule has 14 heavy (non-hydrogen) atoms. The van der Waals surface area contributed by atoms with Crippen LogP contribution in [0, 0.1) is 6.92 Å². The first-order valence-corrected chi connectivity index (χ1v) is 4.93. The second-order valence-corrected chi connectivity index (χ2v) is 3.90. The Bertz CT molecular complexity index is 333. The molecule has 76 valence electrons. The first-order chi connectivity index (χ1) is 6.72. The van der Waals surface area contributed by atoms with Crippen molar-refractivity contribution in [3.05, 3.63) is 28.4 Å². The van der Waals surface area contributed by atoms with Crippen molar-refractivity contribution in [2.75, 3.05) is 7.11 Å². The molecule has 0 aliphatic carbocycles. The Morgan fingerprint density at radius 1 is 1.79 bits per heavy atom. The van der Waals surface area contributed by atoms with Gasteiger partial charge in [0.1, 0.15) is 0 Å². The number of esters is 1. The van der Waals surface area contributed by atoms with Gasteiger partial charge in [-0.15, -0.1) is 11.3 Å². The lowest BCUT2D eigenvalue weighted by atomic mass is 10.5. The van der Waals surface area contributed by atoms with E-state index < -0.39 is 0 Å². The zero-order chi connectivity index (χ0) is 10.4. The fourth-order valence-corrected chi connectivity index (χ4v) is 1.59. The number of aryl methyl sites for hydroxylation is 1. The molecule has 0 aliphatic heterocycles. The monoisotopic (exact) mass is 212 g/mol. The SMILES string of the molecule is COC(=O)/C=C/NCc1cnc(C)s1. The van der Waals surface area contributed by atoms with Crippen LogP contribution < -0.4 is 5.32 Å². The van der Waals surface area contributed by atoms with E-state index in [4.69, 9.17) is 0 Å². The smallest absolute Gasteiger partial charge is 0.331 e. The second-order valence-electron chi connectivity index (χ2n) is 2.58. The number of hydrogen-bond donors (Lipinski definition) is 1. The van der Waals surface area contributed by atoms with E-state index in [1.54, 1.807) is 17.5 Å². The van der Waals surface area contributed by atoms with Gasteiger partial charge in [0.25, 0.3) is 0 Å².